The fourth-order valence-corrected chi connectivity index (χ4v) is 2.89. The zero-order valence-electron chi connectivity index (χ0n) is 14.0. The van der Waals surface area contributed by atoms with Crippen molar-refractivity contribution < 1.29 is 14.3 Å². The normalized spacial score (nSPS) is 16.1. The van der Waals surface area contributed by atoms with E-state index in [-0.39, 0.29) is 5.91 Å². The predicted octanol–water partition coefficient (Wildman–Crippen LogP) is 2.60. The van der Waals surface area contributed by atoms with E-state index >= 15 is 0 Å². The molecule has 1 atom stereocenters. The minimum Gasteiger partial charge on any atom is -0.494 e. The average molecular weight is 326 g/mol. The number of amides is 1. The minimum atomic E-state index is -0.524. The van der Waals surface area contributed by atoms with Crippen molar-refractivity contribution in [2.75, 3.05) is 25.1 Å². The van der Waals surface area contributed by atoms with Crippen LogP contribution in [0.3, 0.4) is 0 Å². The monoisotopic (exact) mass is 326 g/mol. The molecule has 0 aromatic heterocycles. The van der Waals surface area contributed by atoms with Gasteiger partial charge in [-0.3, -0.25) is 4.79 Å². The van der Waals surface area contributed by atoms with Crippen molar-refractivity contribution in [1.29, 1.82) is 0 Å². The summed E-state index contributed by atoms with van der Waals surface area (Å²) in [5, 5.41) is 2.67. The number of hydrogen-bond donors (Lipinski definition) is 1. The molecule has 2 aromatic carbocycles. The molecule has 0 radical (unpaired) electrons. The van der Waals surface area contributed by atoms with Gasteiger partial charge in [0.25, 0.3) is 5.91 Å². The van der Waals surface area contributed by atoms with Gasteiger partial charge >= 0.3 is 0 Å². The maximum atomic E-state index is 12.1. The van der Waals surface area contributed by atoms with Crippen molar-refractivity contribution >= 4 is 11.6 Å². The van der Waals surface area contributed by atoms with Crippen LogP contribution in [0.4, 0.5) is 5.69 Å². The summed E-state index contributed by atoms with van der Waals surface area (Å²) in [6, 6.07) is 15.8. The number of carbonyl (C=O) groups is 1. The highest BCUT2D eigenvalue weighted by atomic mass is 16.5. The van der Waals surface area contributed by atoms with E-state index in [1.807, 2.05) is 49.4 Å². The molecule has 0 aliphatic carbocycles. The maximum absolute atomic E-state index is 12.1. The Hall–Kier alpha value is -2.69. The van der Waals surface area contributed by atoms with Crippen LogP contribution in [-0.2, 0) is 11.3 Å². The lowest BCUT2D eigenvalue weighted by molar-refractivity contribution is -0.127. The summed E-state index contributed by atoms with van der Waals surface area (Å²) in [7, 11) is 1.63. The molecule has 0 bridgehead atoms. The molecule has 1 amide bonds. The van der Waals surface area contributed by atoms with E-state index < -0.39 is 6.10 Å². The summed E-state index contributed by atoms with van der Waals surface area (Å²) in [5.74, 6) is 1.49. The molecule has 126 valence electrons. The van der Waals surface area contributed by atoms with Crippen LogP contribution in [0.1, 0.15) is 12.5 Å². The van der Waals surface area contributed by atoms with Gasteiger partial charge in [0.2, 0.25) is 0 Å². The second kappa shape index (κ2) is 7.25. The number of benzene rings is 2. The lowest BCUT2D eigenvalue weighted by Crippen LogP contribution is -2.47. The van der Waals surface area contributed by atoms with E-state index in [1.54, 1.807) is 7.05 Å². The lowest BCUT2D eigenvalue weighted by atomic mass is 10.1. The molecule has 5 heteroatoms. The first-order valence-electron chi connectivity index (χ1n) is 8.16. The molecule has 0 unspecified atom stereocenters. The molecule has 1 aliphatic rings. The highest BCUT2D eigenvalue weighted by Gasteiger charge is 2.30. The fraction of sp³-hybridized carbons (Fsp3) is 0.316. The molecule has 24 heavy (non-hydrogen) atoms. The van der Waals surface area contributed by atoms with Crippen LogP contribution in [0.5, 0.6) is 11.5 Å². The quantitative estimate of drug-likeness (QED) is 0.918. The van der Waals surface area contributed by atoms with Crippen molar-refractivity contribution in [3.63, 3.8) is 0 Å². The van der Waals surface area contributed by atoms with Crippen molar-refractivity contribution in [3.8, 4) is 11.5 Å². The second-order valence-corrected chi connectivity index (χ2v) is 5.61. The molecule has 2 aromatic rings. The molecular formula is C19H22N2O3. The minimum absolute atomic E-state index is 0.118. The average Bonchev–Trinajstić information content (AvgIpc) is 2.62. The summed E-state index contributed by atoms with van der Waals surface area (Å²) in [4.78, 5) is 14.2. The molecular weight excluding hydrogens is 304 g/mol. The Labute approximate surface area is 142 Å². The Morgan fingerprint density at radius 1 is 1.25 bits per heavy atom. The Morgan fingerprint density at radius 3 is 2.79 bits per heavy atom. The van der Waals surface area contributed by atoms with Gasteiger partial charge in [0.1, 0.15) is 11.5 Å². The number of ether oxygens (including phenoxy) is 2. The summed E-state index contributed by atoms with van der Waals surface area (Å²) in [6.07, 6.45) is -0.524. The van der Waals surface area contributed by atoms with Gasteiger partial charge in [0.05, 0.1) is 18.8 Å². The van der Waals surface area contributed by atoms with Gasteiger partial charge in [0.15, 0.2) is 6.10 Å². The van der Waals surface area contributed by atoms with Crippen LogP contribution in [0, 0.1) is 0 Å². The van der Waals surface area contributed by atoms with Crippen LogP contribution >= 0.6 is 0 Å². The van der Waals surface area contributed by atoms with Crippen LogP contribution in [-0.4, -0.2) is 32.2 Å². The molecule has 0 saturated carbocycles. The Bertz CT molecular complexity index is 717. The van der Waals surface area contributed by atoms with Gasteiger partial charge in [0, 0.05) is 19.2 Å². The number of hydrogen-bond acceptors (Lipinski definition) is 4. The first kappa shape index (κ1) is 16.2. The van der Waals surface area contributed by atoms with E-state index in [9.17, 15) is 4.79 Å². The van der Waals surface area contributed by atoms with Crippen LogP contribution in [0.25, 0.3) is 0 Å². The fourth-order valence-electron chi connectivity index (χ4n) is 2.89. The van der Waals surface area contributed by atoms with Gasteiger partial charge in [-0.15, -0.1) is 0 Å². The third-order valence-electron chi connectivity index (χ3n) is 4.03. The number of anilines is 1. The largest absolute Gasteiger partial charge is 0.494 e. The molecule has 5 nitrogen and oxygen atoms in total. The summed E-state index contributed by atoms with van der Waals surface area (Å²) in [6.45, 7) is 3.75. The molecule has 1 N–H and O–H groups in total. The Morgan fingerprint density at radius 2 is 2.00 bits per heavy atom. The molecule has 0 saturated heterocycles. The number of likely N-dealkylation sites (N-methyl/N-ethyl adjacent to an activating group) is 1. The van der Waals surface area contributed by atoms with Crippen LogP contribution in [0.15, 0.2) is 48.5 Å². The topological polar surface area (TPSA) is 50.8 Å². The Kier molecular flexibility index (Phi) is 4.89. The van der Waals surface area contributed by atoms with Gasteiger partial charge in [-0.25, -0.2) is 0 Å². The van der Waals surface area contributed by atoms with Gasteiger partial charge in [-0.1, -0.05) is 30.3 Å². The van der Waals surface area contributed by atoms with E-state index in [1.165, 1.54) is 0 Å². The Balaban J connectivity index is 1.90. The van der Waals surface area contributed by atoms with Crippen LogP contribution < -0.4 is 19.7 Å². The van der Waals surface area contributed by atoms with Crippen molar-refractivity contribution in [2.24, 2.45) is 0 Å². The number of nitrogens with one attached hydrogen (secondary N) is 1. The van der Waals surface area contributed by atoms with E-state index in [2.05, 4.69) is 16.3 Å². The smallest absolute Gasteiger partial charge is 0.262 e. The number of nitrogens with zero attached hydrogens (tertiary/aromatic N) is 1. The summed E-state index contributed by atoms with van der Waals surface area (Å²) >= 11 is 0. The third kappa shape index (κ3) is 3.30. The number of carbonyl (C=O) groups excluding carboxylic acids is 1. The molecule has 0 fully saturated rings. The number of para-hydroxylation sites is 3. The molecule has 1 heterocycles. The summed E-state index contributed by atoms with van der Waals surface area (Å²) < 4.78 is 11.6. The van der Waals surface area contributed by atoms with Gasteiger partial charge in [-0.05, 0) is 25.1 Å². The number of rotatable bonds is 5. The predicted molar refractivity (Wildman–Crippen MR) is 93.6 cm³/mol. The zero-order chi connectivity index (χ0) is 16.9. The highest BCUT2D eigenvalue weighted by molar-refractivity contribution is 5.83. The van der Waals surface area contributed by atoms with Gasteiger partial charge < -0.3 is 19.7 Å². The third-order valence-corrected chi connectivity index (χ3v) is 4.03. The highest BCUT2D eigenvalue weighted by Crippen LogP contribution is 2.35. The first-order chi connectivity index (χ1) is 11.7. The van der Waals surface area contributed by atoms with Crippen molar-refractivity contribution in [1.82, 2.24) is 5.32 Å². The molecule has 3 rings (SSSR count). The second-order valence-electron chi connectivity index (χ2n) is 5.61. The SMILES string of the molecule is CCOc1ccccc1CN1C[C@H](C(=O)NC)Oc2ccccc21. The zero-order valence-corrected chi connectivity index (χ0v) is 14.0. The molecule has 1 aliphatic heterocycles. The van der Waals surface area contributed by atoms with E-state index in [0.29, 0.717) is 19.7 Å². The first-order valence-corrected chi connectivity index (χ1v) is 8.16. The van der Waals surface area contributed by atoms with E-state index in [4.69, 9.17) is 9.47 Å². The van der Waals surface area contributed by atoms with Crippen molar-refractivity contribution in [2.45, 2.75) is 19.6 Å². The van der Waals surface area contributed by atoms with E-state index in [0.717, 1.165) is 22.7 Å². The standard InChI is InChI=1S/C19H22N2O3/c1-3-23-16-10-6-4-8-14(16)12-21-13-18(19(22)20-2)24-17-11-7-5-9-15(17)21/h4-11,18H,3,12-13H2,1-2H3,(H,20,22)/t18-/m1/s1. The maximum Gasteiger partial charge on any atom is 0.262 e. The number of fused-ring (bicyclic) bond motifs is 1. The van der Waals surface area contributed by atoms with Gasteiger partial charge in [-0.2, -0.15) is 0 Å². The lowest BCUT2D eigenvalue weighted by Gasteiger charge is -2.35. The molecule has 0 spiro atoms. The summed E-state index contributed by atoms with van der Waals surface area (Å²) in [5.41, 5.74) is 2.08. The van der Waals surface area contributed by atoms with Crippen molar-refractivity contribution in [3.05, 3.63) is 54.1 Å². The van der Waals surface area contributed by atoms with Crippen LogP contribution in [0.2, 0.25) is 0 Å².